The fraction of sp³-hybridized carbons (Fsp3) is 0.429. The molecule has 0 radical (unpaired) electrons. The summed E-state index contributed by atoms with van der Waals surface area (Å²) in [5.41, 5.74) is -0.0372. The zero-order valence-corrected chi connectivity index (χ0v) is 11.6. The SMILES string of the molecule is CCN(CC)CC.O=C(O)c1cccc(C(=O)O)c1. The maximum atomic E-state index is 10.4. The monoisotopic (exact) mass is 267 g/mol. The van der Waals surface area contributed by atoms with Crippen molar-refractivity contribution in [3.05, 3.63) is 35.4 Å². The van der Waals surface area contributed by atoms with Crippen molar-refractivity contribution in [2.75, 3.05) is 19.6 Å². The van der Waals surface area contributed by atoms with E-state index in [-0.39, 0.29) is 11.1 Å². The van der Waals surface area contributed by atoms with Gasteiger partial charge >= 0.3 is 11.9 Å². The van der Waals surface area contributed by atoms with Gasteiger partial charge in [-0.25, -0.2) is 9.59 Å². The van der Waals surface area contributed by atoms with Crippen LogP contribution in [0.5, 0.6) is 0 Å². The largest absolute Gasteiger partial charge is 0.478 e. The second-order valence-corrected chi connectivity index (χ2v) is 3.81. The molecule has 0 aliphatic heterocycles. The minimum absolute atomic E-state index is 0.0186. The number of rotatable bonds is 5. The molecule has 5 nitrogen and oxygen atoms in total. The number of nitrogens with zero attached hydrogens (tertiary/aromatic N) is 1. The molecule has 1 aromatic carbocycles. The van der Waals surface area contributed by atoms with Crippen LogP contribution in [0.3, 0.4) is 0 Å². The van der Waals surface area contributed by atoms with Gasteiger partial charge in [-0.2, -0.15) is 0 Å². The molecule has 0 unspecified atom stereocenters. The highest BCUT2D eigenvalue weighted by atomic mass is 16.4. The van der Waals surface area contributed by atoms with E-state index in [2.05, 4.69) is 25.7 Å². The lowest BCUT2D eigenvalue weighted by molar-refractivity contribution is 0.0696. The second-order valence-electron chi connectivity index (χ2n) is 3.81. The Hall–Kier alpha value is -1.88. The van der Waals surface area contributed by atoms with Crippen molar-refractivity contribution in [1.82, 2.24) is 4.90 Å². The van der Waals surface area contributed by atoms with Crippen molar-refractivity contribution in [2.45, 2.75) is 20.8 Å². The number of carboxylic acid groups (broad SMARTS) is 2. The molecule has 0 fully saturated rings. The normalized spacial score (nSPS) is 9.68. The van der Waals surface area contributed by atoms with Crippen molar-refractivity contribution in [3.63, 3.8) is 0 Å². The predicted molar refractivity (Wildman–Crippen MR) is 73.8 cm³/mol. The number of aromatic carboxylic acids is 2. The number of carboxylic acids is 2. The Balaban J connectivity index is 0.000000399. The summed E-state index contributed by atoms with van der Waals surface area (Å²) in [5.74, 6) is -2.25. The summed E-state index contributed by atoms with van der Waals surface area (Å²) < 4.78 is 0. The van der Waals surface area contributed by atoms with Gasteiger partial charge in [-0.05, 0) is 37.8 Å². The van der Waals surface area contributed by atoms with Gasteiger partial charge in [-0.3, -0.25) is 0 Å². The van der Waals surface area contributed by atoms with Crippen LogP contribution in [-0.2, 0) is 0 Å². The van der Waals surface area contributed by atoms with Gasteiger partial charge in [-0.15, -0.1) is 0 Å². The van der Waals surface area contributed by atoms with Crippen LogP contribution in [0.15, 0.2) is 24.3 Å². The van der Waals surface area contributed by atoms with Crippen LogP contribution in [0.2, 0.25) is 0 Å². The molecule has 0 aliphatic rings. The van der Waals surface area contributed by atoms with Gasteiger partial charge in [0.05, 0.1) is 11.1 Å². The third-order valence-electron chi connectivity index (χ3n) is 2.70. The maximum absolute atomic E-state index is 10.4. The minimum Gasteiger partial charge on any atom is -0.478 e. The van der Waals surface area contributed by atoms with Crippen molar-refractivity contribution in [3.8, 4) is 0 Å². The van der Waals surface area contributed by atoms with Crippen molar-refractivity contribution < 1.29 is 19.8 Å². The first-order valence-corrected chi connectivity index (χ1v) is 6.25. The van der Waals surface area contributed by atoms with Crippen LogP contribution in [0, 0.1) is 0 Å². The summed E-state index contributed by atoms with van der Waals surface area (Å²) in [7, 11) is 0. The third-order valence-corrected chi connectivity index (χ3v) is 2.70. The van der Waals surface area contributed by atoms with Crippen LogP contribution >= 0.6 is 0 Å². The van der Waals surface area contributed by atoms with Crippen molar-refractivity contribution in [1.29, 1.82) is 0 Å². The molecule has 0 aliphatic carbocycles. The molecule has 0 amide bonds. The lowest BCUT2D eigenvalue weighted by Gasteiger charge is -2.13. The zero-order chi connectivity index (χ0) is 14.8. The molecular formula is C14H21NO4. The highest BCUT2D eigenvalue weighted by Crippen LogP contribution is 2.04. The van der Waals surface area contributed by atoms with E-state index in [0.29, 0.717) is 0 Å². The Morgan fingerprint density at radius 2 is 1.32 bits per heavy atom. The fourth-order valence-corrected chi connectivity index (χ4v) is 1.46. The maximum Gasteiger partial charge on any atom is 0.335 e. The van der Waals surface area contributed by atoms with Gasteiger partial charge in [-0.1, -0.05) is 26.8 Å². The lowest BCUT2D eigenvalue weighted by Crippen LogP contribution is -2.21. The molecule has 0 saturated carbocycles. The molecule has 2 N–H and O–H groups in total. The fourth-order valence-electron chi connectivity index (χ4n) is 1.46. The van der Waals surface area contributed by atoms with Crippen molar-refractivity contribution in [2.24, 2.45) is 0 Å². The van der Waals surface area contributed by atoms with E-state index in [4.69, 9.17) is 10.2 Å². The van der Waals surface area contributed by atoms with Gasteiger partial charge in [0.15, 0.2) is 0 Å². The smallest absolute Gasteiger partial charge is 0.335 e. The molecular weight excluding hydrogens is 246 g/mol. The molecule has 0 aromatic heterocycles. The van der Waals surface area contributed by atoms with E-state index in [9.17, 15) is 9.59 Å². The molecule has 0 bridgehead atoms. The van der Waals surface area contributed by atoms with Crippen molar-refractivity contribution >= 4 is 11.9 Å². The van der Waals surface area contributed by atoms with Crippen LogP contribution in [0.1, 0.15) is 41.5 Å². The number of hydrogen-bond donors (Lipinski definition) is 2. The van der Waals surface area contributed by atoms with Gasteiger partial charge in [0.25, 0.3) is 0 Å². The van der Waals surface area contributed by atoms with Crippen LogP contribution in [0.25, 0.3) is 0 Å². The Kier molecular flexibility index (Phi) is 8.20. The topological polar surface area (TPSA) is 77.8 Å². The van der Waals surface area contributed by atoms with Gasteiger partial charge < -0.3 is 15.1 Å². The van der Waals surface area contributed by atoms with Crippen LogP contribution in [0.4, 0.5) is 0 Å². The van der Waals surface area contributed by atoms with E-state index in [1.165, 1.54) is 37.8 Å². The highest BCUT2D eigenvalue weighted by Gasteiger charge is 2.06. The van der Waals surface area contributed by atoms with Gasteiger partial charge in [0.2, 0.25) is 0 Å². The second kappa shape index (κ2) is 9.10. The molecule has 0 spiro atoms. The summed E-state index contributed by atoms with van der Waals surface area (Å²) in [5, 5.41) is 17.0. The molecule has 19 heavy (non-hydrogen) atoms. The standard InChI is InChI=1S/C8H6O4.C6H15N/c9-7(10)5-2-1-3-6(4-5)8(11)12;1-4-7(5-2)6-3/h1-4H,(H,9,10)(H,11,12);4-6H2,1-3H3. The quantitative estimate of drug-likeness (QED) is 0.856. The first-order valence-electron chi connectivity index (χ1n) is 6.25. The van der Waals surface area contributed by atoms with Crippen LogP contribution in [-0.4, -0.2) is 46.7 Å². The molecule has 106 valence electrons. The number of hydrogen-bond acceptors (Lipinski definition) is 3. The molecule has 0 saturated heterocycles. The molecule has 0 heterocycles. The Morgan fingerprint density at radius 1 is 0.947 bits per heavy atom. The number of benzene rings is 1. The zero-order valence-electron chi connectivity index (χ0n) is 11.6. The highest BCUT2D eigenvalue weighted by molar-refractivity contribution is 5.93. The number of carbonyl (C=O) groups is 2. The minimum atomic E-state index is -1.13. The summed E-state index contributed by atoms with van der Waals surface area (Å²) in [6.07, 6.45) is 0. The van der Waals surface area contributed by atoms with Gasteiger partial charge in [0, 0.05) is 0 Å². The summed E-state index contributed by atoms with van der Waals surface area (Å²) in [6, 6.07) is 5.20. The lowest BCUT2D eigenvalue weighted by atomic mass is 10.1. The first kappa shape index (κ1) is 17.1. The summed E-state index contributed by atoms with van der Waals surface area (Å²) in [6.45, 7) is 10.1. The van der Waals surface area contributed by atoms with Crippen LogP contribution < -0.4 is 0 Å². The van der Waals surface area contributed by atoms with E-state index < -0.39 is 11.9 Å². The molecule has 5 heteroatoms. The first-order chi connectivity index (χ1) is 8.96. The Morgan fingerprint density at radius 3 is 1.53 bits per heavy atom. The van der Waals surface area contributed by atoms with E-state index in [1.807, 2.05) is 0 Å². The summed E-state index contributed by atoms with van der Waals surface area (Å²) in [4.78, 5) is 23.1. The van der Waals surface area contributed by atoms with Gasteiger partial charge in [0.1, 0.15) is 0 Å². The Labute approximate surface area is 113 Å². The third kappa shape index (κ3) is 6.57. The molecule has 0 atom stereocenters. The van der Waals surface area contributed by atoms with E-state index >= 15 is 0 Å². The molecule has 1 aromatic rings. The van der Waals surface area contributed by atoms with E-state index in [0.717, 1.165) is 6.07 Å². The predicted octanol–water partition coefficient (Wildman–Crippen LogP) is 2.43. The average molecular weight is 267 g/mol. The average Bonchev–Trinajstić information content (AvgIpc) is 2.41. The summed E-state index contributed by atoms with van der Waals surface area (Å²) >= 11 is 0. The molecule has 1 rings (SSSR count). The Bertz CT molecular complexity index is 379. The van der Waals surface area contributed by atoms with E-state index in [1.54, 1.807) is 0 Å².